The van der Waals surface area contributed by atoms with Crippen LogP contribution in [0.3, 0.4) is 0 Å². The Morgan fingerprint density at radius 3 is 2.56 bits per heavy atom. The minimum Gasteiger partial charge on any atom is -0.460 e. The van der Waals surface area contributed by atoms with E-state index in [2.05, 4.69) is 15.9 Å². The lowest BCUT2D eigenvalue weighted by molar-refractivity contribution is -0.385. The highest BCUT2D eigenvalue weighted by atomic mass is 79.9. The molecule has 0 fully saturated rings. The molecule has 0 saturated heterocycles. The van der Waals surface area contributed by atoms with Crippen LogP contribution in [0.1, 0.15) is 15.9 Å². The molecular weight excluding hydrogens is 482 g/mol. The number of carbonyl (C=O) groups is 1. The van der Waals surface area contributed by atoms with E-state index in [1.54, 1.807) is 18.2 Å². The number of carbonyl (C=O) groups excluding carboxylic acids is 1. The van der Waals surface area contributed by atoms with Crippen LogP contribution in [0, 0.1) is 17.0 Å². The largest absolute Gasteiger partial charge is 0.460 e. The third kappa shape index (κ3) is 4.23. The quantitative estimate of drug-likeness (QED) is 0.149. The van der Waals surface area contributed by atoms with Gasteiger partial charge in [0, 0.05) is 17.7 Å². The van der Waals surface area contributed by atoms with Gasteiger partial charge in [0.1, 0.15) is 23.3 Å². The average molecular weight is 496 g/mol. The molecule has 0 saturated carbocycles. The van der Waals surface area contributed by atoms with E-state index in [0.29, 0.717) is 15.8 Å². The number of nitrogens with zero attached hydrogens (tertiary/aromatic N) is 1. The maximum Gasteiger partial charge on any atom is 0.343 e. The number of rotatable bonds is 5. The van der Waals surface area contributed by atoms with Crippen LogP contribution in [-0.2, 0) is 0 Å². The van der Waals surface area contributed by atoms with Crippen molar-refractivity contribution >= 4 is 38.6 Å². The van der Waals surface area contributed by atoms with Gasteiger partial charge in [0.2, 0.25) is 11.2 Å². The number of nitro benzene ring substituents is 1. The number of halogens is 1. The normalized spacial score (nSPS) is 10.7. The summed E-state index contributed by atoms with van der Waals surface area (Å²) in [5.41, 5.74) is 0.235. The lowest BCUT2D eigenvalue weighted by atomic mass is 10.1. The molecule has 0 N–H and O–H groups in total. The second-order valence-electron chi connectivity index (χ2n) is 6.77. The molecule has 4 aromatic rings. The van der Waals surface area contributed by atoms with Crippen LogP contribution in [0.2, 0.25) is 0 Å². The summed E-state index contributed by atoms with van der Waals surface area (Å²) in [5, 5.41) is 11.2. The van der Waals surface area contributed by atoms with Crippen LogP contribution >= 0.6 is 15.9 Å². The summed E-state index contributed by atoms with van der Waals surface area (Å²) < 4.78 is 17.2. The molecule has 0 spiro atoms. The number of aryl methyl sites for hydroxylation is 1. The van der Waals surface area contributed by atoms with Gasteiger partial charge in [-0.3, -0.25) is 14.9 Å². The highest BCUT2D eigenvalue weighted by Gasteiger charge is 2.16. The van der Waals surface area contributed by atoms with Crippen molar-refractivity contribution in [2.75, 3.05) is 0 Å². The summed E-state index contributed by atoms with van der Waals surface area (Å²) in [5.74, 6) is -0.0710. The molecule has 0 aliphatic rings. The molecule has 160 valence electrons. The lowest BCUT2D eigenvalue weighted by Gasteiger charge is -2.08. The summed E-state index contributed by atoms with van der Waals surface area (Å²) in [6.07, 6.45) is 1.19. The Morgan fingerprint density at radius 2 is 1.84 bits per heavy atom. The number of para-hydroxylation sites is 1. The van der Waals surface area contributed by atoms with Crippen molar-refractivity contribution in [3.05, 3.63) is 103 Å². The summed E-state index contributed by atoms with van der Waals surface area (Å²) in [4.78, 5) is 35.6. The molecule has 9 heteroatoms. The lowest BCUT2D eigenvalue weighted by Crippen LogP contribution is -2.10. The zero-order valence-corrected chi connectivity index (χ0v) is 18.1. The molecule has 0 aliphatic heterocycles. The summed E-state index contributed by atoms with van der Waals surface area (Å²) in [6, 6.07) is 15.4. The van der Waals surface area contributed by atoms with Crippen molar-refractivity contribution in [1.82, 2.24) is 0 Å². The summed E-state index contributed by atoms with van der Waals surface area (Å²) in [7, 11) is 0. The van der Waals surface area contributed by atoms with Gasteiger partial charge in [0.25, 0.3) is 5.69 Å². The van der Waals surface area contributed by atoms with Gasteiger partial charge in [0.05, 0.1) is 20.3 Å². The molecule has 1 aromatic heterocycles. The number of fused-ring (bicyclic) bond motifs is 1. The van der Waals surface area contributed by atoms with E-state index < -0.39 is 10.9 Å². The smallest absolute Gasteiger partial charge is 0.343 e. The van der Waals surface area contributed by atoms with Gasteiger partial charge in [0.15, 0.2) is 0 Å². The minimum absolute atomic E-state index is 0.00972. The standard InChI is InChI=1S/C23H14BrNO7/c1-13-10-14(6-9-18(13)25(28)29)23(27)31-15-7-8-16-20(11-15)30-12-21(22(16)26)32-19-5-3-2-4-17(19)24/h2-12H,1H3. The van der Waals surface area contributed by atoms with Crippen LogP contribution in [-0.4, -0.2) is 10.9 Å². The summed E-state index contributed by atoms with van der Waals surface area (Å²) >= 11 is 3.36. The van der Waals surface area contributed by atoms with Crippen LogP contribution in [0.15, 0.2) is 80.6 Å². The number of ether oxygens (including phenoxy) is 2. The number of nitro groups is 1. The van der Waals surface area contributed by atoms with Gasteiger partial charge in [-0.05, 0) is 59.3 Å². The predicted molar refractivity (Wildman–Crippen MR) is 119 cm³/mol. The SMILES string of the molecule is Cc1cc(C(=O)Oc2ccc3c(=O)c(Oc4ccccc4Br)coc3c2)ccc1[N+](=O)[O-]. The first-order chi connectivity index (χ1) is 15.3. The molecule has 0 unspecified atom stereocenters. The first kappa shape index (κ1) is 21.3. The Morgan fingerprint density at radius 1 is 1.06 bits per heavy atom. The topological polar surface area (TPSA) is 109 Å². The van der Waals surface area contributed by atoms with Crippen LogP contribution in [0.25, 0.3) is 11.0 Å². The van der Waals surface area contributed by atoms with E-state index >= 15 is 0 Å². The average Bonchev–Trinajstić information content (AvgIpc) is 2.76. The van der Waals surface area contributed by atoms with Crippen molar-refractivity contribution in [3.8, 4) is 17.2 Å². The molecule has 8 nitrogen and oxygen atoms in total. The first-order valence-corrected chi connectivity index (χ1v) is 10.1. The second kappa shape index (κ2) is 8.64. The van der Waals surface area contributed by atoms with E-state index in [9.17, 15) is 19.7 Å². The molecule has 0 atom stereocenters. The maximum absolute atomic E-state index is 12.8. The van der Waals surface area contributed by atoms with Gasteiger partial charge in [-0.1, -0.05) is 12.1 Å². The molecule has 0 bridgehead atoms. The highest BCUT2D eigenvalue weighted by Crippen LogP contribution is 2.29. The number of hydrogen-bond acceptors (Lipinski definition) is 7. The third-order valence-electron chi connectivity index (χ3n) is 4.61. The summed E-state index contributed by atoms with van der Waals surface area (Å²) in [6.45, 7) is 1.53. The molecule has 4 rings (SSSR count). The van der Waals surface area contributed by atoms with Crippen molar-refractivity contribution in [3.63, 3.8) is 0 Å². The van der Waals surface area contributed by atoms with E-state index in [1.807, 2.05) is 6.07 Å². The fourth-order valence-corrected chi connectivity index (χ4v) is 3.39. The van der Waals surface area contributed by atoms with E-state index in [1.165, 1.54) is 49.6 Å². The fourth-order valence-electron chi connectivity index (χ4n) is 3.02. The first-order valence-electron chi connectivity index (χ1n) is 9.28. The zero-order valence-electron chi connectivity index (χ0n) is 16.5. The van der Waals surface area contributed by atoms with Crippen LogP contribution in [0.5, 0.6) is 17.2 Å². The van der Waals surface area contributed by atoms with Gasteiger partial charge >= 0.3 is 5.97 Å². The molecule has 0 amide bonds. The Labute approximate surface area is 189 Å². The maximum atomic E-state index is 12.8. The molecule has 0 aliphatic carbocycles. The molecule has 1 heterocycles. The monoisotopic (exact) mass is 495 g/mol. The van der Waals surface area contributed by atoms with Crippen molar-refractivity contribution in [1.29, 1.82) is 0 Å². The third-order valence-corrected chi connectivity index (χ3v) is 5.27. The second-order valence-corrected chi connectivity index (χ2v) is 7.62. The number of benzene rings is 3. The van der Waals surface area contributed by atoms with E-state index in [-0.39, 0.29) is 39.1 Å². The fraction of sp³-hybridized carbons (Fsp3) is 0.0435. The Hall–Kier alpha value is -3.98. The van der Waals surface area contributed by atoms with Gasteiger partial charge in [-0.25, -0.2) is 4.79 Å². The van der Waals surface area contributed by atoms with E-state index in [4.69, 9.17) is 13.9 Å². The van der Waals surface area contributed by atoms with Gasteiger partial charge in [-0.2, -0.15) is 0 Å². The van der Waals surface area contributed by atoms with Gasteiger partial charge < -0.3 is 13.9 Å². The Balaban J connectivity index is 1.58. The number of hydrogen-bond donors (Lipinski definition) is 0. The Kier molecular flexibility index (Phi) is 5.74. The zero-order chi connectivity index (χ0) is 22.8. The molecule has 0 radical (unpaired) electrons. The van der Waals surface area contributed by atoms with Crippen molar-refractivity contribution in [2.45, 2.75) is 6.92 Å². The van der Waals surface area contributed by atoms with E-state index in [0.717, 1.165) is 0 Å². The van der Waals surface area contributed by atoms with Crippen LogP contribution in [0.4, 0.5) is 5.69 Å². The highest BCUT2D eigenvalue weighted by molar-refractivity contribution is 9.10. The number of esters is 1. The van der Waals surface area contributed by atoms with Crippen LogP contribution < -0.4 is 14.9 Å². The Bertz CT molecular complexity index is 1430. The molecule has 32 heavy (non-hydrogen) atoms. The molecule has 3 aromatic carbocycles. The van der Waals surface area contributed by atoms with Crippen molar-refractivity contribution in [2.24, 2.45) is 0 Å². The van der Waals surface area contributed by atoms with Crippen molar-refractivity contribution < 1.29 is 23.6 Å². The molecular formula is C23H14BrNO7. The predicted octanol–water partition coefficient (Wildman–Crippen LogP) is 5.78. The minimum atomic E-state index is -0.696. The van der Waals surface area contributed by atoms with Gasteiger partial charge in [-0.15, -0.1) is 0 Å².